The van der Waals surface area contributed by atoms with E-state index in [1.807, 2.05) is 48.5 Å². The number of rotatable bonds is 5. The van der Waals surface area contributed by atoms with E-state index < -0.39 is 17.7 Å². The molecule has 1 aromatic heterocycles. The quantitative estimate of drug-likeness (QED) is 0.434. The number of nitrogens with one attached hydrogen (secondary N) is 2. The third-order valence-corrected chi connectivity index (χ3v) is 9.63. The Labute approximate surface area is 245 Å². The second-order valence-corrected chi connectivity index (χ2v) is 12.0. The number of halogens is 2. The zero-order valence-corrected chi connectivity index (χ0v) is 24.1. The minimum atomic E-state index is -0.677. The summed E-state index contributed by atoms with van der Waals surface area (Å²) < 4.78 is 29.9. The van der Waals surface area contributed by atoms with Crippen LogP contribution in [0.3, 0.4) is 0 Å². The molecule has 7 nitrogen and oxygen atoms in total. The van der Waals surface area contributed by atoms with E-state index >= 15 is 0 Å². The highest BCUT2D eigenvalue weighted by Crippen LogP contribution is 2.40. The van der Waals surface area contributed by atoms with Gasteiger partial charge in [-0.2, -0.15) is 0 Å². The van der Waals surface area contributed by atoms with E-state index in [4.69, 9.17) is 0 Å². The summed E-state index contributed by atoms with van der Waals surface area (Å²) >= 11 is 0. The Morgan fingerprint density at radius 1 is 1.02 bits per heavy atom. The van der Waals surface area contributed by atoms with Gasteiger partial charge in [-0.15, -0.1) is 0 Å². The number of amides is 2. The molecule has 2 aromatic carbocycles. The Bertz CT molecular complexity index is 1450. The molecule has 42 heavy (non-hydrogen) atoms. The maximum atomic E-state index is 15.0. The zero-order chi connectivity index (χ0) is 29.3. The van der Waals surface area contributed by atoms with E-state index in [1.165, 1.54) is 18.2 Å². The Morgan fingerprint density at radius 3 is 2.45 bits per heavy atom. The summed E-state index contributed by atoms with van der Waals surface area (Å²) in [5, 5.41) is 3.24. The maximum absolute atomic E-state index is 15.0. The van der Waals surface area contributed by atoms with Gasteiger partial charge in [0.2, 0.25) is 0 Å². The van der Waals surface area contributed by atoms with Gasteiger partial charge >= 0.3 is 6.03 Å². The van der Waals surface area contributed by atoms with Crippen LogP contribution in [0.15, 0.2) is 65.6 Å². The molecule has 0 radical (unpaired) electrons. The fourth-order valence-electron chi connectivity index (χ4n) is 7.29. The monoisotopic (exact) mass is 575 g/mol. The van der Waals surface area contributed by atoms with E-state index in [1.54, 1.807) is 11.0 Å². The molecule has 3 aromatic rings. The lowest BCUT2D eigenvalue weighted by molar-refractivity contribution is -0.00251. The number of aromatic nitrogens is 1. The van der Waals surface area contributed by atoms with Crippen LogP contribution < -0.4 is 10.7 Å². The van der Waals surface area contributed by atoms with Crippen molar-refractivity contribution >= 4 is 6.03 Å². The molecule has 1 spiro atoms. The summed E-state index contributed by atoms with van der Waals surface area (Å²) in [4.78, 5) is 36.5. The van der Waals surface area contributed by atoms with Crippen LogP contribution in [0.25, 0.3) is 11.3 Å². The second kappa shape index (κ2) is 12.0. The first-order chi connectivity index (χ1) is 20.4. The summed E-state index contributed by atoms with van der Waals surface area (Å²) in [7, 11) is 1.85. The molecule has 3 aliphatic rings. The molecule has 3 fully saturated rings. The molecule has 2 aliphatic heterocycles. The van der Waals surface area contributed by atoms with E-state index in [0.29, 0.717) is 44.7 Å². The van der Waals surface area contributed by atoms with Crippen LogP contribution in [-0.4, -0.2) is 70.5 Å². The lowest BCUT2D eigenvalue weighted by Gasteiger charge is -2.51. The van der Waals surface area contributed by atoms with Crippen molar-refractivity contribution in [1.82, 2.24) is 25.0 Å². The first kappa shape index (κ1) is 28.6. The van der Waals surface area contributed by atoms with Gasteiger partial charge in [-0.3, -0.25) is 9.69 Å². The van der Waals surface area contributed by atoms with E-state index in [-0.39, 0.29) is 28.6 Å². The smallest absolute Gasteiger partial charge is 0.320 e. The van der Waals surface area contributed by atoms with Crippen molar-refractivity contribution in [3.05, 3.63) is 93.8 Å². The van der Waals surface area contributed by atoms with Crippen molar-refractivity contribution in [3.8, 4) is 11.3 Å². The largest absolute Gasteiger partial charge is 0.361 e. The highest BCUT2D eigenvalue weighted by Gasteiger charge is 2.47. The number of piperidine rings is 1. The third kappa shape index (κ3) is 5.47. The van der Waals surface area contributed by atoms with Gasteiger partial charge in [-0.05, 0) is 50.4 Å². The lowest BCUT2D eigenvalue weighted by Crippen LogP contribution is -2.64. The first-order valence-corrected chi connectivity index (χ1v) is 15.1. The molecule has 1 saturated carbocycles. The average Bonchev–Trinajstić information content (AvgIpc) is 3.47. The highest BCUT2D eigenvalue weighted by atomic mass is 19.1. The standard InChI is InChI=1S/C33H39F2N5O2/c1-36-25-12-15-40(29(18-25)31-26(34)10-7-11-27(31)35)32(42)38-16-17-39(33(22-38)13-5-6-14-33)21-24-20-37-28(19-30(24)41)23-8-3-2-4-9-23/h2-4,7-11,19-20,25,29,36H,5-6,12-18,21-22H2,1H3,(H,37,41)/t25-,29+/m1/s1. The maximum Gasteiger partial charge on any atom is 0.320 e. The second-order valence-electron chi connectivity index (χ2n) is 12.0. The number of hydrogen-bond acceptors (Lipinski definition) is 4. The number of likely N-dealkylation sites (tertiary alicyclic amines) is 1. The molecule has 2 saturated heterocycles. The van der Waals surface area contributed by atoms with Crippen LogP contribution in [0, 0.1) is 11.6 Å². The Hall–Kier alpha value is -3.56. The van der Waals surface area contributed by atoms with Crippen LogP contribution in [0.5, 0.6) is 0 Å². The summed E-state index contributed by atoms with van der Waals surface area (Å²) in [6.07, 6.45) is 7.03. The Kier molecular flexibility index (Phi) is 8.14. The fourth-order valence-corrected chi connectivity index (χ4v) is 7.29. The fraction of sp³-hybridized carbons (Fsp3) is 0.455. The molecule has 2 N–H and O–H groups in total. The van der Waals surface area contributed by atoms with Crippen molar-refractivity contribution in [2.45, 2.75) is 62.7 Å². The minimum absolute atomic E-state index is 0.00131. The summed E-state index contributed by atoms with van der Waals surface area (Å²) in [6.45, 7) is 2.63. The topological polar surface area (TPSA) is 71.7 Å². The van der Waals surface area contributed by atoms with Gasteiger partial charge in [0.1, 0.15) is 11.6 Å². The summed E-state index contributed by atoms with van der Waals surface area (Å²) in [6, 6.07) is 14.6. The molecule has 0 unspecified atom stereocenters. The molecule has 6 rings (SSSR count). The number of aromatic amines is 1. The number of H-pyrrole nitrogens is 1. The van der Waals surface area contributed by atoms with E-state index in [9.17, 15) is 18.4 Å². The van der Waals surface area contributed by atoms with Crippen molar-refractivity contribution in [2.24, 2.45) is 0 Å². The molecule has 222 valence electrons. The van der Waals surface area contributed by atoms with Crippen molar-refractivity contribution in [3.63, 3.8) is 0 Å². The number of carbonyl (C=O) groups is 1. The number of nitrogens with zero attached hydrogens (tertiary/aromatic N) is 3. The van der Waals surface area contributed by atoms with Crippen LogP contribution >= 0.6 is 0 Å². The van der Waals surface area contributed by atoms with E-state index in [0.717, 1.165) is 43.4 Å². The SMILES string of the molecule is CN[C@@H]1CCN(C(=O)N2CCN(Cc3c[nH]c(-c4ccccc4)cc3=O)C3(CCCC3)C2)[C@H](c2c(F)cccc2F)C1. The summed E-state index contributed by atoms with van der Waals surface area (Å²) in [5.41, 5.74) is 2.22. The molecule has 0 bridgehead atoms. The molecule has 9 heteroatoms. The van der Waals surface area contributed by atoms with Crippen LogP contribution in [0.4, 0.5) is 13.6 Å². The van der Waals surface area contributed by atoms with Crippen LogP contribution in [-0.2, 0) is 6.54 Å². The number of piperazine rings is 1. The number of carbonyl (C=O) groups excluding carboxylic acids is 1. The average molecular weight is 576 g/mol. The first-order valence-electron chi connectivity index (χ1n) is 15.1. The molecular formula is C33H39F2N5O2. The Morgan fingerprint density at radius 2 is 1.76 bits per heavy atom. The minimum Gasteiger partial charge on any atom is -0.361 e. The van der Waals surface area contributed by atoms with Gasteiger partial charge in [0.25, 0.3) is 0 Å². The third-order valence-electron chi connectivity index (χ3n) is 9.63. The summed E-state index contributed by atoms with van der Waals surface area (Å²) in [5.74, 6) is -1.23. The van der Waals surface area contributed by atoms with Gasteiger partial charge in [0.15, 0.2) is 5.43 Å². The van der Waals surface area contributed by atoms with Gasteiger partial charge in [0, 0.05) is 73.4 Å². The van der Waals surface area contributed by atoms with Crippen molar-refractivity contribution < 1.29 is 13.6 Å². The van der Waals surface area contributed by atoms with Gasteiger partial charge in [0.05, 0.1) is 6.04 Å². The Balaban J connectivity index is 1.22. The zero-order valence-electron chi connectivity index (χ0n) is 24.1. The van der Waals surface area contributed by atoms with Gasteiger partial charge < -0.3 is 20.1 Å². The van der Waals surface area contributed by atoms with E-state index in [2.05, 4.69) is 15.2 Å². The van der Waals surface area contributed by atoms with Gasteiger partial charge in [-0.25, -0.2) is 13.6 Å². The molecule has 3 heterocycles. The number of pyridine rings is 1. The highest BCUT2D eigenvalue weighted by molar-refractivity contribution is 5.75. The molecule has 2 amide bonds. The van der Waals surface area contributed by atoms with Crippen molar-refractivity contribution in [1.29, 1.82) is 0 Å². The predicted octanol–water partition coefficient (Wildman–Crippen LogP) is 5.30. The van der Waals surface area contributed by atoms with Crippen LogP contribution in [0.1, 0.15) is 55.7 Å². The lowest BCUT2D eigenvalue weighted by atomic mass is 9.90. The van der Waals surface area contributed by atoms with Crippen molar-refractivity contribution in [2.75, 3.05) is 33.2 Å². The molecular weight excluding hydrogens is 536 g/mol. The number of urea groups is 1. The van der Waals surface area contributed by atoms with Gasteiger partial charge in [-0.1, -0.05) is 49.2 Å². The number of hydrogen-bond donors (Lipinski definition) is 2. The normalized spacial score (nSPS) is 22.5. The van der Waals surface area contributed by atoms with Crippen LogP contribution in [0.2, 0.25) is 0 Å². The molecule has 2 atom stereocenters. The number of benzene rings is 2. The predicted molar refractivity (Wildman–Crippen MR) is 159 cm³/mol. The molecule has 1 aliphatic carbocycles.